The number of para-hydroxylation sites is 2. The molecule has 0 saturated heterocycles. The lowest BCUT2D eigenvalue weighted by Crippen LogP contribution is -2.64. The van der Waals surface area contributed by atoms with Crippen molar-refractivity contribution >= 4 is 21.8 Å². The van der Waals surface area contributed by atoms with E-state index in [4.69, 9.17) is 0 Å². The molecule has 3 aliphatic rings. The van der Waals surface area contributed by atoms with Crippen molar-refractivity contribution < 1.29 is 0 Å². The van der Waals surface area contributed by atoms with Crippen LogP contribution in [0.1, 0.15) is 45.6 Å². The molecule has 3 aliphatic carbocycles. The van der Waals surface area contributed by atoms with Gasteiger partial charge >= 0.3 is 0 Å². The van der Waals surface area contributed by atoms with E-state index in [-0.39, 0.29) is 0 Å². The molecule has 118 valence electrons. The van der Waals surface area contributed by atoms with Crippen LogP contribution in [0.5, 0.6) is 0 Å². The van der Waals surface area contributed by atoms with Crippen LogP contribution in [-0.2, 0) is 5.41 Å². The number of nitrogens with one attached hydrogen (secondary N) is 1. The maximum absolute atomic E-state index is 3.75. The Bertz CT molecular complexity index is 916. The fourth-order valence-electron chi connectivity index (χ4n) is 6.10. The van der Waals surface area contributed by atoms with Gasteiger partial charge in [-0.15, -0.1) is 0 Å². The zero-order valence-corrected chi connectivity index (χ0v) is 14.3. The molecule has 1 heterocycles. The van der Waals surface area contributed by atoms with Gasteiger partial charge < -0.3 is 4.98 Å². The summed E-state index contributed by atoms with van der Waals surface area (Å²) in [7, 11) is 0. The van der Waals surface area contributed by atoms with E-state index in [1.54, 1.807) is 5.56 Å². The molecule has 0 aliphatic heterocycles. The van der Waals surface area contributed by atoms with Crippen LogP contribution in [0.15, 0.2) is 42.5 Å². The standard InChI is InChI=1S/C22H25N/c1-14-11-12-15-13-22(14,21(15,2)3)18-9-6-8-17-16-7-4-5-10-19(16)23-20(17)18/h4-10,14-15,23H,11-13H2,1-3H3. The largest absolute Gasteiger partial charge is 0.354 e. The SMILES string of the molecule is CC1CCC2CC1(c1cccc3c1[nH]c1ccccc13)C2(C)C. The first-order valence-corrected chi connectivity index (χ1v) is 9.05. The Morgan fingerprint density at radius 2 is 1.74 bits per heavy atom. The summed E-state index contributed by atoms with van der Waals surface area (Å²) in [5.74, 6) is 1.66. The van der Waals surface area contributed by atoms with Crippen molar-refractivity contribution in [2.45, 2.75) is 45.4 Å². The highest BCUT2D eigenvalue weighted by Crippen LogP contribution is 2.70. The van der Waals surface area contributed by atoms with Crippen molar-refractivity contribution in [3.63, 3.8) is 0 Å². The van der Waals surface area contributed by atoms with Gasteiger partial charge in [-0.25, -0.2) is 0 Å². The van der Waals surface area contributed by atoms with Crippen LogP contribution in [-0.4, -0.2) is 4.98 Å². The maximum Gasteiger partial charge on any atom is 0.0503 e. The lowest BCUT2D eigenvalue weighted by molar-refractivity contribution is -0.132. The molecule has 3 fully saturated rings. The molecule has 1 heteroatoms. The van der Waals surface area contributed by atoms with Crippen LogP contribution in [0.25, 0.3) is 21.8 Å². The highest BCUT2D eigenvalue weighted by atomic mass is 14.7. The Morgan fingerprint density at radius 3 is 2.52 bits per heavy atom. The minimum absolute atomic E-state index is 0.344. The molecule has 0 amide bonds. The summed E-state index contributed by atoms with van der Waals surface area (Å²) in [5, 5.41) is 2.75. The third kappa shape index (κ3) is 1.45. The van der Waals surface area contributed by atoms with E-state index in [9.17, 15) is 0 Å². The molecular weight excluding hydrogens is 278 g/mol. The minimum atomic E-state index is 0.344. The molecular formula is C22H25N. The number of rotatable bonds is 1. The average Bonchev–Trinajstić information content (AvgIpc) is 2.93. The van der Waals surface area contributed by atoms with E-state index in [1.807, 2.05) is 0 Å². The number of aromatic amines is 1. The number of fused-ring (bicyclic) bond motifs is 5. The Hall–Kier alpha value is -1.76. The van der Waals surface area contributed by atoms with Gasteiger partial charge in [-0.05, 0) is 48.1 Å². The van der Waals surface area contributed by atoms with Crippen molar-refractivity contribution in [3.05, 3.63) is 48.0 Å². The molecule has 3 unspecified atom stereocenters. The van der Waals surface area contributed by atoms with Crippen molar-refractivity contribution in [1.29, 1.82) is 0 Å². The second-order valence-corrected chi connectivity index (χ2v) is 8.47. The summed E-state index contributed by atoms with van der Waals surface area (Å²) >= 11 is 0. The number of H-pyrrole nitrogens is 1. The molecule has 1 nitrogen and oxygen atoms in total. The van der Waals surface area contributed by atoms with Gasteiger partial charge in [0.25, 0.3) is 0 Å². The smallest absolute Gasteiger partial charge is 0.0503 e. The Labute approximate surface area is 138 Å². The zero-order chi connectivity index (χ0) is 15.8. The lowest BCUT2D eigenvalue weighted by Gasteiger charge is -2.69. The van der Waals surface area contributed by atoms with Crippen molar-refractivity contribution in [1.82, 2.24) is 4.98 Å². The van der Waals surface area contributed by atoms with Crippen LogP contribution >= 0.6 is 0 Å². The molecule has 0 radical (unpaired) electrons. The zero-order valence-electron chi connectivity index (χ0n) is 14.3. The van der Waals surface area contributed by atoms with Gasteiger partial charge in [0.15, 0.2) is 0 Å². The average molecular weight is 303 g/mol. The Morgan fingerprint density at radius 1 is 0.957 bits per heavy atom. The lowest BCUT2D eigenvalue weighted by atomic mass is 9.35. The fraction of sp³-hybridized carbons (Fsp3) is 0.455. The third-order valence-electron chi connectivity index (χ3n) is 7.55. The molecule has 1 N–H and O–H groups in total. The number of hydrogen-bond acceptors (Lipinski definition) is 0. The van der Waals surface area contributed by atoms with Gasteiger partial charge in [-0.3, -0.25) is 0 Å². The van der Waals surface area contributed by atoms with Crippen molar-refractivity contribution in [2.75, 3.05) is 0 Å². The van der Waals surface area contributed by atoms with E-state index in [2.05, 4.69) is 68.2 Å². The van der Waals surface area contributed by atoms with Crippen LogP contribution in [0.3, 0.4) is 0 Å². The first kappa shape index (κ1) is 13.7. The van der Waals surface area contributed by atoms with Gasteiger partial charge in [0.1, 0.15) is 0 Å². The van der Waals surface area contributed by atoms with E-state index in [0.717, 1.165) is 11.8 Å². The Kier molecular flexibility index (Phi) is 2.49. The second kappa shape index (κ2) is 4.20. The predicted molar refractivity (Wildman–Crippen MR) is 97.8 cm³/mol. The summed E-state index contributed by atoms with van der Waals surface area (Å²) in [5.41, 5.74) is 4.98. The van der Waals surface area contributed by atoms with E-state index < -0.39 is 0 Å². The molecule has 2 aromatic carbocycles. The maximum atomic E-state index is 3.75. The highest BCUT2D eigenvalue weighted by Gasteiger charge is 2.65. The first-order chi connectivity index (χ1) is 11.1. The number of benzene rings is 2. The summed E-state index contributed by atoms with van der Waals surface area (Å²) in [6, 6.07) is 15.7. The van der Waals surface area contributed by atoms with Gasteiger partial charge in [0.2, 0.25) is 0 Å². The van der Waals surface area contributed by atoms with Crippen LogP contribution in [0, 0.1) is 17.3 Å². The molecule has 6 rings (SSSR count). The van der Waals surface area contributed by atoms with Crippen LogP contribution in [0.2, 0.25) is 0 Å². The van der Waals surface area contributed by atoms with E-state index in [1.165, 1.54) is 41.1 Å². The quantitative estimate of drug-likeness (QED) is 0.564. The third-order valence-corrected chi connectivity index (χ3v) is 7.55. The topological polar surface area (TPSA) is 15.8 Å². The number of hydrogen-bond donors (Lipinski definition) is 1. The van der Waals surface area contributed by atoms with E-state index in [0.29, 0.717) is 10.8 Å². The minimum Gasteiger partial charge on any atom is -0.354 e. The second-order valence-electron chi connectivity index (χ2n) is 8.47. The van der Waals surface area contributed by atoms with Gasteiger partial charge in [-0.2, -0.15) is 0 Å². The van der Waals surface area contributed by atoms with Crippen LogP contribution in [0.4, 0.5) is 0 Å². The Balaban J connectivity index is 1.84. The molecule has 0 spiro atoms. The fourth-order valence-corrected chi connectivity index (χ4v) is 6.10. The number of aromatic nitrogens is 1. The van der Waals surface area contributed by atoms with Gasteiger partial charge in [0.05, 0.1) is 5.52 Å². The summed E-state index contributed by atoms with van der Waals surface area (Å²) in [4.78, 5) is 3.75. The van der Waals surface area contributed by atoms with Gasteiger partial charge in [0, 0.05) is 21.7 Å². The molecule has 2 bridgehead atoms. The monoisotopic (exact) mass is 303 g/mol. The molecule has 3 saturated carbocycles. The summed E-state index contributed by atoms with van der Waals surface area (Å²) < 4.78 is 0. The van der Waals surface area contributed by atoms with Crippen molar-refractivity contribution in [3.8, 4) is 0 Å². The van der Waals surface area contributed by atoms with E-state index >= 15 is 0 Å². The highest BCUT2D eigenvalue weighted by molar-refractivity contribution is 6.08. The van der Waals surface area contributed by atoms with Crippen molar-refractivity contribution in [2.24, 2.45) is 17.3 Å². The summed E-state index contributed by atoms with van der Waals surface area (Å²) in [6.07, 6.45) is 4.17. The molecule has 3 aromatic rings. The first-order valence-electron chi connectivity index (χ1n) is 9.05. The molecule has 23 heavy (non-hydrogen) atoms. The normalized spacial score (nSPS) is 32.1. The van der Waals surface area contributed by atoms with Gasteiger partial charge in [-0.1, -0.05) is 57.2 Å². The van der Waals surface area contributed by atoms with Crippen LogP contribution < -0.4 is 0 Å². The summed E-state index contributed by atoms with van der Waals surface area (Å²) in [6.45, 7) is 7.51. The predicted octanol–water partition coefficient (Wildman–Crippen LogP) is 6.03. The molecule has 1 aromatic heterocycles. The molecule has 3 atom stereocenters.